The smallest absolute Gasteiger partial charge is 0.240 e. The number of hydrogen-bond donors (Lipinski definition) is 3. The molecule has 0 bridgehead atoms. The van der Waals surface area contributed by atoms with Crippen LogP contribution in [0.4, 0.5) is 5.69 Å². The van der Waals surface area contributed by atoms with E-state index >= 15 is 0 Å². The Bertz CT molecular complexity index is 652. The Morgan fingerprint density at radius 2 is 2.00 bits per heavy atom. The molecule has 1 aromatic rings. The summed E-state index contributed by atoms with van der Waals surface area (Å²) in [6.45, 7) is 2.10. The predicted octanol–water partition coefficient (Wildman–Crippen LogP) is 0.897. The highest BCUT2D eigenvalue weighted by Crippen LogP contribution is 2.24. The zero-order chi connectivity index (χ0) is 16.7. The van der Waals surface area contributed by atoms with Crippen LogP contribution in [0.1, 0.15) is 18.4 Å². The van der Waals surface area contributed by atoms with Crippen molar-refractivity contribution in [2.24, 2.45) is 0 Å². The third-order valence-corrected chi connectivity index (χ3v) is 5.05. The highest BCUT2D eigenvalue weighted by Gasteiger charge is 2.18. The van der Waals surface area contributed by atoms with E-state index in [2.05, 4.69) is 15.4 Å². The molecule has 1 aromatic carbocycles. The molecule has 0 spiro atoms. The summed E-state index contributed by atoms with van der Waals surface area (Å²) in [5.41, 5.74) is 1.56. The molecule has 0 fully saturated rings. The van der Waals surface area contributed by atoms with Gasteiger partial charge in [0, 0.05) is 38.9 Å². The minimum absolute atomic E-state index is 0. The van der Waals surface area contributed by atoms with Crippen LogP contribution in [0.5, 0.6) is 0 Å². The van der Waals surface area contributed by atoms with Crippen LogP contribution in [0.15, 0.2) is 23.1 Å². The summed E-state index contributed by atoms with van der Waals surface area (Å²) < 4.78 is 32.1. The summed E-state index contributed by atoms with van der Waals surface area (Å²) in [6.07, 6.45) is 1.87. The van der Waals surface area contributed by atoms with E-state index in [1.165, 1.54) is 6.07 Å². The number of methoxy groups -OCH3 is 1. The zero-order valence-electron chi connectivity index (χ0n) is 13.6. The second kappa shape index (κ2) is 9.95. The molecule has 9 heteroatoms. The first kappa shape index (κ1) is 20.9. The molecule has 0 aliphatic carbocycles. The first-order valence-electron chi connectivity index (χ1n) is 7.65. The van der Waals surface area contributed by atoms with Crippen LogP contribution in [0.25, 0.3) is 0 Å². The molecule has 0 radical (unpaired) electrons. The van der Waals surface area contributed by atoms with Gasteiger partial charge >= 0.3 is 0 Å². The first-order chi connectivity index (χ1) is 11.0. The SMILES string of the molecule is COCCNCCNS(=O)(=O)c1ccc2c(c1)CCCC(=O)N2.Cl. The van der Waals surface area contributed by atoms with E-state index in [1.54, 1.807) is 19.2 Å². The van der Waals surface area contributed by atoms with E-state index in [1.807, 2.05) is 0 Å². The fraction of sp³-hybridized carbons (Fsp3) is 0.533. The lowest BCUT2D eigenvalue weighted by Gasteiger charge is -2.11. The van der Waals surface area contributed by atoms with Gasteiger partial charge in [0.25, 0.3) is 0 Å². The molecule has 7 nitrogen and oxygen atoms in total. The number of fused-ring (bicyclic) bond motifs is 1. The average Bonchev–Trinajstić information content (AvgIpc) is 2.70. The van der Waals surface area contributed by atoms with Crippen molar-refractivity contribution >= 4 is 34.0 Å². The van der Waals surface area contributed by atoms with Crippen LogP contribution in [0.2, 0.25) is 0 Å². The second-order valence-electron chi connectivity index (χ2n) is 5.36. The molecule has 0 unspecified atom stereocenters. The van der Waals surface area contributed by atoms with Gasteiger partial charge < -0.3 is 15.4 Å². The number of rotatable bonds is 8. The van der Waals surface area contributed by atoms with Gasteiger partial charge in [0.05, 0.1) is 11.5 Å². The van der Waals surface area contributed by atoms with Crippen LogP contribution < -0.4 is 15.4 Å². The molecule has 1 heterocycles. The minimum Gasteiger partial charge on any atom is -0.383 e. The summed E-state index contributed by atoms with van der Waals surface area (Å²) >= 11 is 0. The summed E-state index contributed by atoms with van der Waals surface area (Å²) in [4.78, 5) is 11.7. The third-order valence-electron chi connectivity index (χ3n) is 3.59. The Hall–Kier alpha value is -1.19. The Morgan fingerprint density at radius 1 is 1.21 bits per heavy atom. The molecule has 1 aliphatic heterocycles. The van der Waals surface area contributed by atoms with Crippen molar-refractivity contribution in [3.63, 3.8) is 0 Å². The molecular weight excluding hydrogens is 354 g/mol. The number of benzene rings is 1. The van der Waals surface area contributed by atoms with Gasteiger partial charge in [-0.15, -0.1) is 12.4 Å². The maximum absolute atomic E-state index is 12.3. The lowest BCUT2D eigenvalue weighted by Crippen LogP contribution is -2.33. The molecular formula is C15H24ClN3O4S. The fourth-order valence-electron chi connectivity index (χ4n) is 2.37. The van der Waals surface area contributed by atoms with Crippen LogP contribution in [-0.2, 0) is 26.0 Å². The lowest BCUT2D eigenvalue weighted by atomic mass is 10.1. The van der Waals surface area contributed by atoms with Gasteiger partial charge in [-0.25, -0.2) is 13.1 Å². The van der Waals surface area contributed by atoms with Gasteiger partial charge in [0.1, 0.15) is 0 Å². The number of ether oxygens (including phenoxy) is 1. The van der Waals surface area contributed by atoms with Gasteiger partial charge in [-0.05, 0) is 36.6 Å². The van der Waals surface area contributed by atoms with Crippen molar-refractivity contribution in [2.45, 2.75) is 24.2 Å². The fourth-order valence-corrected chi connectivity index (χ4v) is 3.46. The van der Waals surface area contributed by atoms with Gasteiger partial charge in [-0.2, -0.15) is 0 Å². The maximum atomic E-state index is 12.3. The minimum atomic E-state index is -3.55. The molecule has 24 heavy (non-hydrogen) atoms. The van der Waals surface area contributed by atoms with E-state index in [4.69, 9.17) is 4.74 Å². The normalized spacial score (nSPS) is 14.3. The number of halogens is 1. The number of aryl methyl sites for hydroxylation is 1. The lowest BCUT2D eigenvalue weighted by molar-refractivity contribution is -0.116. The molecule has 0 saturated carbocycles. The van der Waals surface area contributed by atoms with Crippen LogP contribution >= 0.6 is 12.4 Å². The Balaban J connectivity index is 0.00000288. The number of sulfonamides is 1. The number of anilines is 1. The number of hydrogen-bond acceptors (Lipinski definition) is 5. The second-order valence-corrected chi connectivity index (χ2v) is 7.13. The van der Waals surface area contributed by atoms with Crippen LogP contribution in [0, 0.1) is 0 Å². The molecule has 3 N–H and O–H groups in total. The average molecular weight is 378 g/mol. The number of amides is 1. The van der Waals surface area contributed by atoms with Crippen molar-refractivity contribution < 1.29 is 17.9 Å². The van der Waals surface area contributed by atoms with Crippen molar-refractivity contribution in [2.75, 3.05) is 38.7 Å². The standard InChI is InChI=1S/C15H23N3O4S.ClH/c1-22-10-9-16-7-8-17-23(20,21)13-5-6-14-12(11-13)3-2-4-15(19)18-14;/h5-6,11,16-17H,2-4,7-10H2,1H3,(H,18,19);1H. The highest BCUT2D eigenvalue weighted by molar-refractivity contribution is 7.89. The van der Waals surface area contributed by atoms with E-state index in [-0.39, 0.29) is 23.2 Å². The van der Waals surface area contributed by atoms with E-state index in [9.17, 15) is 13.2 Å². The van der Waals surface area contributed by atoms with Crippen molar-refractivity contribution in [3.05, 3.63) is 23.8 Å². The Labute approximate surface area is 149 Å². The van der Waals surface area contributed by atoms with E-state index in [0.717, 1.165) is 12.0 Å². The summed E-state index contributed by atoms with van der Waals surface area (Å²) in [6, 6.07) is 4.82. The number of nitrogens with one attached hydrogen (secondary N) is 3. The van der Waals surface area contributed by atoms with E-state index in [0.29, 0.717) is 44.8 Å². The Kier molecular flexibility index (Phi) is 8.65. The third kappa shape index (κ3) is 6.03. The monoisotopic (exact) mass is 377 g/mol. The predicted molar refractivity (Wildman–Crippen MR) is 95.2 cm³/mol. The largest absolute Gasteiger partial charge is 0.383 e. The van der Waals surface area contributed by atoms with Gasteiger partial charge in [0.15, 0.2) is 0 Å². The highest BCUT2D eigenvalue weighted by atomic mass is 35.5. The van der Waals surface area contributed by atoms with Gasteiger partial charge in [0.2, 0.25) is 15.9 Å². The first-order valence-corrected chi connectivity index (χ1v) is 9.13. The number of carbonyl (C=O) groups is 1. The quantitative estimate of drug-likeness (QED) is 0.585. The zero-order valence-corrected chi connectivity index (χ0v) is 15.3. The van der Waals surface area contributed by atoms with Crippen molar-refractivity contribution in [1.29, 1.82) is 0 Å². The molecule has 0 aromatic heterocycles. The van der Waals surface area contributed by atoms with Gasteiger partial charge in [-0.3, -0.25) is 4.79 Å². The molecule has 1 amide bonds. The molecule has 0 saturated heterocycles. The molecule has 136 valence electrons. The Morgan fingerprint density at radius 3 is 2.75 bits per heavy atom. The van der Waals surface area contributed by atoms with Crippen molar-refractivity contribution in [1.82, 2.24) is 10.0 Å². The topological polar surface area (TPSA) is 96.5 Å². The molecule has 2 rings (SSSR count). The molecule has 0 atom stereocenters. The summed E-state index contributed by atoms with van der Waals surface area (Å²) in [5, 5.41) is 5.87. The van der Waals surface area contributed by atoms with Crippen LogP contribution in [-0.4, -0.2) is 47.7 Å². The van der Waals surface area contributed by atoms with Crippen LogP contribution in [0.3, 0.4) is 0 Å². The molecule has 1 aliphatic rings. The number of carbonyl (C=O) groups excluding carboxylic acids is 1. The van der Waals surface area contributed by atoms with Gasteiger partial charge in [-0.1, -0.05) is 0 Å². The maximum Gasteiger partial charge on any atom is 0.240 e. The van der Waals surface area contributed by atoms with Crippen molar-refractivity contribution in [3.8, 4) is 0 Å². The van der Waals surface area contributed by atoms with E-state index < -0.39 is 10.0 Å². The summed E-state index contributed by atoms with van der Waals surface area (Å²) in [5.74, 6) is -0.0281. The summed E-state index contributed by atoms with van der Waals surface area (Å²) in [7, 11) is -1.93.